The molecule has 0 bridgehead atoms. The summed E-state index contributed by atoms with van der Waals surface area (Å²) < 4.78 is 4.98. The molecule has 7 heteroatoms. The molecule has 1 saturated heterocycles. The topological polar surface area (TPSA) is 79.0 Å². The minimum atomic E-state index is -0.575. The molecular weight excluding hydrogens is 394 g/mol. The van der Waals surface area contributed by atoms with Crippen LogP contribution < -0.4 is 5.32 Å². The van der Waals surface area contributed by atoms with E-state index in [0.717, 1.165) is 32.2 Å². The van der Waals surface area contributed by atoms with Gasteiger partial charge in [0.2, 0.25) is 11.8 Å². The van der Waals surface area contributed by atoms with E-state index in [0.29, 0.717) is 24.6 Å². The van der Waals surface area contributed by atoms with Crippen LogP contribution in [-0.4, -0.2) is 72.5 Å². The molecule has 3 atom stereocenters. The van der Waals surface area contributed by atoms with E-state index in [1.165, 1.54) is 0 Å². The first-order valence-corrected chi connectivity index (χ1v) is 11.8. The van der Waals surface area contributed by atoms with Crippen LogP contribution in [0, 0.1) is 5.92 Å². The quantitative estimate of drug-likeness (QED) is 0.397. The molecule has 0 aromatic heterocycles. The first-order chi connectivity index (χ1) is 14.6. The summed E-state index contributed by atoms with van der Waals surface area (Å²) in [5, 5.41) is 3.05. The van der Waals surface area contributed by atoms with Crippen LogP contribution in [0.1, 0.15) is 73.6 Å². The Bertz CT molecular complexity index is 632. The summed E-state index contributed by atoms with van der Waals surface area (Å²) in [5.41, 5.74) is 0.470. The molecule has 1 aliphatic rings. The molecule has 0 aliphatic carbocycles. The maximum Gasteiger partial charge on any atom is 0.333 e. The Morgan fingerprint density at radius 3 is 2.45 bits per heavy atom. The van der Waals surface area contributed by atoms with Crippen molar-refractivity contribution in [3.05, 3.63) is 11.6 Å². The molecule has 0 saturated carbocycles. The van der Waals surface area contributed by atoms with Crippen molar-refractivity contribution in [2.24, 2.45) is 5.92 Å². The molecule has 3 unspecified atom stereocenters. The summed E-state index contributed by atoms with van der Waals surface area (Å²) in [7, 11) is 1.70. The fourth-order valence-electron chi connectivity index (χ4n) is 3.92. The van der Waals surface area contributed by atoms with Gasteiger partial charge >= 0.3 is 5.97 Å². The van der Waals surface area contributed by atoms with E-state index < -0.39 is 6.04 Å². The molecule has 2 amide bonds. The van der Waals surface area contributed by atoms with Gasteiger partial charge < -0.3 is 15.0 Å². The zero-order valence-corrected chi connectivity index (χ0v) is 20.6. The summed E-state index contributed by atoms with van der Waals surface area (Å²) in [4.78, 5) is 41.9. The van der Waals surface area contributed by atoms with Gasteiger partial charge in [-0.15, -0.1) is 0 Å². The van der Waals surface area contributed by atoms with Gasteiger partial charge in [0.05, 0.1) is 12.6 Å². The average Bonchev–Trinajstić information content (AvgIpc) is 2.75. The highest BCUT2D eigenvalue weighted by atomic mass is 16.5. The number of carbonyl (C=O) groups excluding carboxylic acids is 3. The van der Waals surface area contributed by atoms with Gasteiger partial charge in [0.25, 0.3) is 0 Å². The summed E-state index contributed by atoms with van der Waals surface area (Å²) >= 11 is 0. The summed E-state index contributed by atoms with van der Waals surface area (Å²) in [5.74, 6) is -0.305. The Morgan fingerprint density at radius 2 is 1.87 bits per heavy atom. The number of hydrogen-bond acceptors (Lipinski definition) is 5. The van der Waals surface area contributed by atoms with Gasteiger partial charge in [-0.05, 0) is 58.9 Å². The molecule has 0 radical (unpaired) electrons. The highest BCUT2D eigenvalue weighted by molar-refractivity contribution is 5.90. The van der Waals surface area contributed by atoms with Gasteiger partial charge in [0, 0.05) is 25.2 Å². The van der Waals surface area contributed by atoms with Gasteiger partial charge in [0.1, 0.15) is 6.04 Å². The molecule has 31 heavy (non-hydrogen) atoms. The number of likely N-dealkylation sites (N-methyl/N-ethyl adjacent to an activating group) is 1. The standard InChI is InChI=1S/C24H43N3O4/c1-8-19(6)27-14-11-10-12-21(27)22(28)25-20(16-17(3)4)23(29)26(7)15-13-18(5)24(30)31-9-2/h13,17,19-21H,8-12,14-16H2,1-7H3,(H,25,28)/b18-13+. The zero-order valence-electron chi connectivity index (χ0n) is 20.6. The Balaban J connectivity index is 2.86. The number of ether oxygens (including phenoxy) is 1. The number of rotatable bonds is 11. The molecule has 0 aromatic rings. The fourth-order valence-corrected chi connectivity index (χ4v) is 3.92. The predicted octanol–water partition coefficient (Wildman–Crippen LogP) is 3.14. The van der Waals surface area contributed by atoms with Gasteiger partial charge in [0.15, 0.2) is 0 Å². The van der Waals surface area contributed by atoms with E-state index in [1.807, 2.05) is 13.8 Å². The zero-order chi connectivity index (χ0) is 23.6. The molecule has 1 heterocycles. The monoisotopic (exact) mass is 437 g/mol. The number of amides is 2. The molecule has 1 aliphatic heterocycles. The van der Waals surface area contributed by atoms with Crippen molar-refractivity contribution in [3.8, 4) is 0 Å². The van der Waals surface area contributed by atoms with Gasteiger partial charge in [-0.25, -0.2) is 4.79 Å². The third-order valence-electron chi connectivity index (χ3n) is 5.97. The highest BCUT2D eigenvalue weighted by Gasteiger charge is 2.34. The average molecular weight is 438 g/mol. The largest absolute Gasteiger partial charge is 0.463 e. The Hall–Kier alpha value is -1.89. The highest BCUT2D eigenvalue weighted by Crippen LogP contribution is 2.21. The van der Waals surface area contributed by atoms with Gasteiger partial charge in [-0.3, -0.25) is 14.5 Å². The van der Waals surface area contributed by atoms with E-state index in [-0.39, 0.29) is 36.3 Å². The van der Waals surface area contributed by atoms with Crippen LogP contribution in [-0.2, 0) is 19.1 Å². The maximum absolute atomic E-state index is 13.2. The number of esters is 1. The van der Waals surface area contributed by atoms with Crippen LogP contribution >= 0.6 is 0 Å². The van der Waals surface area contributed by atoms with Crippen LogP contribution in [0.5, 0.6) is 0 Å². The van der Waals surface area contributed by atoms with Crippen molar-refractivity contribution in [2.45, 2.75) is 91.8 Å². The van der Waals surface area contributed by atoms with E-state index in [2.05, 4.69) is 24.1 Å². The molecule has 7 nitrogen and oxygen atoms in total. The first-order valence-electron chi connectivity index (χ1n) is 11.8. The number of piperidine rings is 1. The lowest BCUT2D eigenvalue weighted by molar-refractivity contribution is -0.138. The van der Waals surface area contributed by atoms with Crippen LogP contribution in [0.3, 0.4) is 0 Å². The summed E-state index contributed by atoms with van der Waals surface area (Å²) in [6.45, 7) is 13.4. The lowest BCUT2D eigenvalue weighted by Crippen LogP contribution is -2.57. The molecule has 0 spiro atoms. The smallest absolute Gasteiger partial charge is 0.333 e. The number of carbonyl (C=O) groups is 3. The second-order valence-electron chi connectivity index (χ2n) is 9.02. The van der Waals surface area contributed by atoms with Crippen LogP contribution in [0.25, 0.3) is 0 Å². The third kappa shape index (κ3) is 8.63. The van der Waals surface area contributed by atoms with Crippen LogP contribution in [0.4, 0.5) is 0 Å². The summed E-state index contributed by atoms with van der Waals surface area (Å²) in [6, 6.07) is -0.411. The van der Waals surface area contributed by atoms with Crippen molar-refractivity contribution in [1.82, 2.24) is 15.1 Å². The van der Waals surface area contributed by atoms with Gasteiger partial charge in [-0.2, -0.15) is 0 Å². The van der Waals surface area contributed by atoms with Crippen LogP contribution in [0.2, 0.25) is 0 Å². The predicted molar refractivity (Wildman–Crippen MR) is 124 cm³/mol. The number of nitrogens with zero attached hydrogens (tertiary/aromatic N) is 2. The fraction of sp³-hybridized carbons (Fsp3) is 0.792. The third-order valence-corrected chi connectivity index (χ3v) is 5.97. The Labute approximate surface area is 188 Å². The molecular formula is C24H43N3O4. The minimum Gasteiger partial charge on any atom is -0.463 e. The Morgan fingerprint density at radius 1 is 1.19 bits per heavy atom. The summed E-state index contributed by atoms with van der Waals surface area (Å²) in [6.07, 6.45) is 6.23. The van der Waals surface area contributed by atoms with Crippen molar-refractivity contribution in [1.29, 1.82) is 0 Å². The normalized spacial score (nSPS) is 19.6. The Kier molecular flexibility index (Phi) is 11.8. The van der Waals surface area contributed by atoms with Crippen LogP contribution in [0.15, 0.2) is 11.6 Å². The maximum atomic E-state index is 13.2. The SMILES string of the molecule is CCOC(=O)/C(C)=C/CN(C)C(=O)C(CC(C)C)NC(=O)C1CCCCN1C(C)CC. The van der Waals surface area contributed by atoms with E-state index in [4.69, 9.17) is 4.74 Å². The minimum absolute atomic E-state index is 0.0503. The van der Waals surface area contributed by atoms with E-state index >= 15 is 0 Å². The molecule has 1 rings (SSSR count). The van der Waals surface area contributed by atoms with E-state index in [9.17, 15) is 14.4 Å². The molecule has 178 valence electrons. The van der Waals surface area contributed by atoms with Crippen molar-refractivity contribution in [2.75, 3.05) is 26.7 Å². The number of nitrogens with one attached hydrogen (secondary N) is 1. The lowest BCUT2D eigenvalue weighted by atomic mass is 9.97. The first kappa shape index (κ1) is 27.1. The number of likely N-dealkylation sites (tertiary alicyclic amines) is 1. The van der Waals surface area contributed by atoms with Crippen molar-refractivity contribution < 1.29 is 19.1 Å². The second-order valence-corrected chi connectivity index (χ2v) is 9.02. The molecule has 1 N–H and O–H groups in total. The molecule has 1 fully saturated rings. The van der Waals surface area contributed by atoms with Crippen molar-refractivity contribution >= 4 is 17.8 Å². The molecule has 0 aromatic carbocycles. The second kappa shape index (κ2) is 13.5. The van der Waals surface area contributed by atoms with Gasteiger partial charge in [-0.1, -0.05) is 33.3 Å². The van der Waals surface area contributed by atoms with Crippen molar-refractivity contribution in [3.63, 3.8) is 0 Å². The lowest BCUT2D eigenvalue weighted by Gasteiger charge is -2.39. The van der Waals surface area contributed by atoms with E-state index in [1.54, 1.807) is 31.9 Å². The number of hydrogen-bond donors (Lipinski definition) is 1.